The Bertz CT molecular complexity index is 893. The van der Waals surface area contributed by atoms with Gasteiger partial charge in [0.05, 0.1) is 25.3 Å². The van der Waals surface area contributed by atoms with Crippen LogP contribution in [-0.4, -0.2) is 49.9 Å². The van der Waals surface area contributed by atoms with Crippen LogP contribution in [0.25, 0.3) is 0 Å². The number of piperidine rings is 1. The van der Waals surface area contributed by atoms with Crippen LogP contribution in [0.4, 0.5) is 5.69 Å². The van der Waals surface area contributed by atoms with Gasteiger partial charge in [-0.1, -0.05) is 11.6 Å². The summed E-state index contributed by atoms with van der Waals surface area (Å²) in [5.74, 6) is 1.33. The predicted molar refractivity (Wildman–Crippen MR) is 118 cm³/mol. The second-order valence-corrected chi connectivity index (χ2v) is 7.82. The molecule has 160 valence electrons. The number of nitrogens with one attached hydrogen (secondary N) is 1. The van der Waals surface area contributed by atoms with Crippen LogP contribution in [-0.2, 0) is 4.79 Å². The third kappa shape index (κ3) is 5.12. The Morgan fingerprint density at radius 2 is 1.73 bits per heavy atom. The summed E-state index contributed by atoms with van der Waals surface area (Å²) in [6.07, 6.45) is 1.47. The highest BCUT2D eigenvalue weighted by molar-refractivity contribution is 6.32. The van der Waals surface area contributed by atoms with Gasteiger partial charge in [0.2, 0.25) is 5.91 Å². The molecule has 1 N–H and O–H groups in total. The molecule has 1 saturated heterocycles. The molecule has 3 rings (SSSR count). The molecule has 1 fully saturated rings. The minimum atomic E-state index is -0.303. The van der Waals surface area contributed by atoms with Gasteiger partial charge in [-0.05, 0) is 75.3 Å². The number of ketones is 1. The molecule has 7 heteroatoms. The predicted octanol–water partition coefficient (Wildman–Crippen LogP) is 4.28. The SMILES string of the molecule is COc1ccc(C(=O)C2CCN(C(C)C(=O)Nc3ccc(OC)c(Cl)c3)CC2)cc1. The Morgan fingerprint density at radius 1 is 1.07 bits per heavy atom. The first kappa shape index (κ1) is 22.1. The van der Waals surface area contributed by atoms with Gasteiger partial charge in [0.25, 0.3) is 0 Å². The molecule has 1 aliphatic rings. The minimum Gasteiger partial charge on any atom is -0.497 e. The lowest BCUT2D eigenvalue weighted by atomic mass is 9.88. The highest BCUT2D eigenvalue weighted by Crippen LogP contribution is 2.28. The molecular weight excluding hydrogens is 404 g/mol. The van der Waals surface area contributed by atoms with Crippen molar-refractivity contribution in [1.82, 2.24) is 4.90 Å². The zero-order valence-corrected chi connectivity index (χ0v) is 18.2. The molecule has 2 aromatic carbocycles. The molecule has 1 atom stereocenters. The largest absolute Gasteiger partial charge is 0.497 e. The maximum Gasteiger partial charge on any atom is 0.241 e. The van der Waals surface area contributed by atoms with Crippen molar-refractivity contribution in [2.45, 2.75) is 25.8 Å². The van der Waals surface area contributed by atoms with Gasteiger partial charge in [-0.25, -0.2) is 0 Å². The van der Waals surface area contributed by atoms with E-state index in [1.165, 1.54) is 0 Å². The van der Waals surface area contributed by atoms with Gasteiger partial charge in [-0.3, -0.25) is 14.5 Å². The van der Waals surface area contributed by atoms with Crippen LogP contribution in [0, 0.1) is 5.92 Å². The average Bonchev–Trinajstić information content (AvgIpc) is 2.78. The van der Waals surface area contributed by atoms with Crippen molar-refractivity contribution in [2.24, 2.45) is 5.92 Å². The van der Waals surface area contributed by atoms with Gasteiger partial charge < -0.3 is 14.8 Å². The monoisotopic (exact) mass is 430 g/mol. The molecular formula is C23H27ClN2O4. The minimum absolute atomic E-state index is 0.0229. The first-order valence-electron chi connectivity index (χ1n) is 9.99. The quantitative estimate of drug-likeness (QED) is 0.664. The van der Waals surface area contributed by atoms with Crippen LogP contribution in [0.5, 0.6) is 11.5 Å². The summed E-state index contributed by atoms with van der Waals surface area (Å²) in [6, 6.07) is 12.1. The fraction of sp³-hybridized carbons (Fsp3) is 0.391. The van der Waals surface area contributed by atoms with Crippen molar-refractivity contribution in [3.8, 4) is 11.5 Å². The lowest BCUT2D eigenvalue weighted by Crippen LogP contribution is -2.47. The summed E-state index contributed by atoms with van der Waals surface area (Å²) in [7, 11) is 3.15. The van der Waals surface area contributed by atoms with Crippen molar-refractivity contribution >= 4 is 29.0 Å². The Morgan fingerprint density at radius 3 is 2.30 bits per heavy atom. The van der Waals surface area contributed by atoms with Gasteiger partial charge >= 0.3 is 0 Å². The number of nitrogens with zero attached hydrogens (tertiary/aromatic N) is 1. The Balaban J connectivity index is 1.53. The topological polar surface area (TPSA) is 67.9 Å². The fourth-order valence-electron chi connectivity index (χ4n) is 3.70. The van der Waals surface area contributed by atoms with E-state index in [4.69, 9.17) is 21.1 Å². The second kappa shape index (κ2) is 9.96. The summed E-state index contributed by atoms with van der Waals surface area (Å²) in [6.45, 7) is 3.28. The first-order valence-corrected chi connectivity index (χ1v) is 10.4. The van der Waals surface area contributed by atoms with E-state index in [2.05, 4.69) is 10.2 Å². The number of halogens is 1. The number of methoxy groups -OCH3 is 2. The highest BCUT2D eigenvalue weighted by Gasteiger charge is 2.30. The van der Waals surface area contributed by atoms with E-state index in [1.54, 1.807) is 44.6 Å². The molecule has 0 saturated carbocycles. The van der Waals surface area contributed by atoms with E-state index in [9.17, 15) is 9.59 Å². The number of amides is 1. The van der Waals surface area contributed by atoms with Crippen molar-refractivity contribution in [2.75, 3.05) is 32.6 Å². The van der Waals surface area contributed by atoms with Crippen LogP contribution < -0.4 is 14.8 Å². The Hall–Kier alpha value is -2.57. The Kier molecular flexibility index (Phi) is 7.34. The fourth-order valence-corrected chi connectivity index (χ4v) is 3.95. The molecule has 0 radical (unpaired) electrons. The molecule has 0 bridgehead atoms. The van der Waals surface area contributed by atoms with Crippen LogP contribution in [0.1, 0.15) is 30.1 Å². The van der Waals surface area contributed by atoms with Crippen molar-refractivity contribution < 1.29 is 19.1 Å². The summed E-state index contributed by atoms with van der Waals surface area (Å²) < 4.78 is 10.3. The van der Waals surface area contributed by atoms with Crippen LogP contribution in [0.3, 0.4) is 0 Å². The lowest BCUT2D eigenvalue weighted by Gasteiger charge is -2.34. The van der Waals surface area contributed by atoms with E-state index >= 15 is 0 Å². The summed E-state index contributed by atoms with van der Waals surface area (Å²) >= 11 is 6.13. The van der Waals surface area contributed by atoms with Gasteiger partial charge in [0.1, 0.15) is 11.5 Å². The average molecular weight is 431 g/mol. The number of benzene rings is 2. The van der Waals surface area contributed by atoms with E-state index in [0.717, 1.165) is 18.6 Å². The molecule has 1 amide bonds. The third-order valence-corrected chi connectivity index (χ3v) is 5.92. The molecule has 1 unspecified atom stereocenters. The summed E-state index contributed by atoms with van der Waals surface area (Å²) in [5.41, 5.74) is 1.33. The van der Waals surface area contributed by atoms with E-state index in [1.807, 2.05) is 19.1 Å². The maximum atomic E-state index is 12.8. The Labute approximate surface area is 182 Å². The number of anilines is 1. The number of ether oxygens (including phenoxy) is 2. The molecule has 1 heterocycles. The van der Waals surface area contributed by atoms with E-state index in [-0.39, 0.29) is 23.7 Å². The summed E-state index contributed by atoms with van der Waals surface area (Å²) in [4.78, 5) is 27.6. The third-order valence-electron chi connectivity index (χ3n) is 5.62. The van der Waals surface area contributed by atoms with Crippen LogP contribution in [0.15, 0.2) is 42.5 Å². The van der Waals surface area contributed by atoms with Crippen molar-refractivity contribution in [1.29, 1.82) is 0 Å². The number of Topliss-reactive ketones (excluding diaryl/α,β-unsaturated/α-hetero) is 1. The molecule has 2 aromatic rings. The zero-order valence-electron chi connectivity index (χ0n) is 17.5. The number of hydrogen-bond acceptors (Lipinski definition) is 5. The van der Waals surface area contributed by atoms with Gasteiger partial charge in [0, 0.05) is 17.2 Å². The molecule has 6 nitrogen and oxygen atoms in total. The number of carbonyl (C=O) groups is 2. The number of likely N-dealkylation sites (tertiary alicyclic amines) is 1. The molecule has 0 spiro atoms. The van der Waals surface area contributed by atoms with Crippen LogP contribution >= 0.6 is 11.6 Å². The van der Waals surface area contributed by atoms with Crippen molar-refractivity contribution in [3.05, 3.63) is 53.1 Å². The standard InChI is InChI=1S/C23H27ClN2O4/c1-15(23(28)25-18-6-9-21(30-3)20(24)14-18)26-12-10-17(11-13-26)22(27)16-4-7-19(29-2)8-5-16/h4-9,14-15,17H,10-13H2,1-3H3,(H,25,28). The maximum absolute atomic E-state index is 12.8. The lowest BCUT2D eigenvalue weighted by molar-refractivity contribution is -0.121. The van der Waals surface area contributed by atoms with E-state index < -0.39 is 0 Å². The first-order chi connectivity index (χ1) is 14.4. The molecule has 0 aromatic heterocycles. The normalized spacial score (nSPS) is 16.0. The molecule has 0 aliphatic carbocycles. The van der Waals surface area contributed by atoms with Gasteiger partial charge in [-0.2, -0.15) is 0 Å². The highest BCUT2D eigenvalue weighted by atomic mass is 35.5. The van der Waals surface area contributed by atoms with Crippen molar-refractivity contribution in [3.63, 3.8) is 0 Å². The number of carbonyl (C=O) groups excluding carboxylic acids is 2. The summed E-state index contributed by atoms with van der Waals surface area (Å²) in [5, 5.41) is 3.35. The molecule has 1 aliphatic heterocycles. The van der Waals surface area contributed by atoms with E-state index in [0.29, 0.717) is 35.1 Å². The van der Waals surface area contributed by atoms with Crippen LogP contribution in [0.2, 0.25) is 5.02 Å². The smallest absolute Gasteiger partial charge is 0.241 e. The number of hydrogen-bond donors (Lipinski definition) is 1. The second-order valence-electron chi connectivity index (χ2n) is 7.42. The zero-order chi connectivity index (χ0) is 21.7. The van der Waals surface area contributed by atoms with Gasteiger partial charge in [0.15, 0.2) is 5.78 Å². The molecule has 30 heavy (non-hydrogen) atoms. The number of rotatable bonds is 7. The van der Waals surface area contributed by atoms with Gasteiger partial charge in [-0.15, -0.1) is 0 Å².